The summed E-state index contributed by atoms with van der Waals surface area (Å²) in [6, 6.07) is 7.45. The van der Waals surface area contributed by atoms with E-state index in [1.54, 1.807) is 10.7 Å². The Bertz CT molecular complexity index is 665. The fourth-order valence-corrected chi connectivity index (χ4v) is 2.77. The summed E-state index contributed by atoms with van der Waals surface area (Å²) in [6.45, 7) is 0.736. The van der Waals surface area contributed by atoms with Crippen LogP contribution < -0.4 is 0 Å². The summed E-state index contributed by atoms with van der Waals surface area (Å²) in [7, 11) is 0. The summed E-state index contributed by atoms with van der Waals surface area (Å²) in [5.41, 5.74) is 1.54. The average Bonchev–Trinajstić information content (AvgIpc) is 2.80. The molecule has 1 N–H and O–H groups in total. The van der Waals surface area contributed by atoms with Gasteiger partial charge in [-0.3, -0.25) is 0 Å². The van der Waals surface area contributed by atoms with Gasteiger partial charge in [-0.25, -0.2) is 9.48 Å². The number of carbonyl (C=O) groups is 1. The molecule has 0 bridgehead atoms. The summed E-state index contributed by atoms with van der Waals surface area (Å²) >= 11 is 6.17. The van der Waals surface area contributed by atoms with Gasteiger partial charge < -0.3 is 5.11 Å². The van der Waals surface area contributed by atoms with Crippen molar-refractivity contribution in [3.8, 4) is 0 Å². The topological polar surface area (TPSA) is 68.0 Å². The largest absolute Gasteiger partial charge is 0.476 e. The molecule has 5 nitrogen and oxygen atoms in total. The first-order valence-electron chi connectivity index (χ1n) is 7.04. The van der Waals surface area contributed by atoms with Crippen LogP contribution >= 0.6 is 11.6 Å². The third kappa shape index (κ3) is 2.93. The molecule has 1 aromatic heterocycles. The summed E-state index contributed by atoms with van der Waals surface area (Å²) < 4.78 is 1.73. The van der Waals surface area contributed by atoms with Gasteiger partial charge >= 0.3 is 5.97 Å². The highest BCUT2D eigenvalue weighted by Gasteiger charge is 2.24. The van der Waals surface area contributed by atoms with E-state index >= 15 is 0 Å². The first kappa shape index (κ1) is 14.1. The lowest BCUT2D eigenvalue weighted by Crippen LogP contribution is -2.21. The van der Waals surface area contributed by atoms with Crippen molar-refractivity contribution < 1.29 is 9.90 Å². The van der Waals surface area contributed by atoms with Crippen LogP contribution in [0.5, 0.6) is 0 Å². The second-order valence-corrected chi connectivity index (χ2v) is 5.84. The second kappa shape index (κ2) is 5.85. The fraction of sp³-hybridized carbons (Fsp3) is 0.400. The van der Waals surface area contributed by atoms with E-state index in [9.17, 15) is 9.90 Å². The Morgan fingerprint density at radius 2 is 2.14 bits per heavy atom. The van der Waals surface area contributed by atoms with Gasteiger partial charge in [0.15, 0.2) is 5.69 Å². The molecule has 0 atom stereocenters. The van der Waals surface area contributed by atoms with E-state index in [-0.39, 0.29) is 5.69 Å². The Hall–Kier alpha value is -1.88. The zero-order valence-electron chi connectivity index (χ0n) is 11.5. The number of nitrogens with zero attached hydrogens (tertiary/aromatic N) is 3. The minimum atomic E-state index is -1.04. The van der Waals surface area contributed by atoms with E-state index in [2.05, 4.69) is 10.3 Å². The van der Waals surface area contributed by atoms with Crippen LogP contribution in [0.3, 0.4) is 0 Å². The van der Waals surface area contributed by atoms with Gasteiger partial charge in [0, 0.05) is 18.0 Å². The van der Waals surface area contributed by atoms with Crippen LogP contribution in [-0.2, 0) is 13.0 Å². The molecule has 21 heavy (non-hydrogen) atoms. The number of hydrogen-bond donors (Lipinski definition) is 1. The van der Waals surface area contributed by atoms with Gasteiger partial charge in [0.05, 0.1) is 5.69 Å². The van der Waals surface area contributed by atoms with Crippen molar-refractivity contribution in [2.24, 2.45) is 5.92 Å². The van der Waals surface area contributed by atoms with Crippen molar-refractivity contribution in [3.63, 3.8) is 0 Å². The van der Waals surface area contributed by atoms with E-state index in [4.69, 9.17) is 11.6 Å². The molecule has 1 fully saturated rings. The number of aromatic nitrogens is 3. The number of carboxylic acid groups (broad SMARTS) is 1. The molecular formula is C15H16ClN3O2. The van der Waals surface area contributed by atoms with Crippen LogP contribution in [0.1, 0.15) is 41.0 Å². The average molecular weight is 306 g/mol. The van der Waals surface area contributed by atoms with E-state index < -0.39 is 5.97 Å². The van der Waals surface area contributed by atoms with Crippen molar-refractivity contribution in [2.75, 3.05) is 0 Å². The molecule has 0 aliphatic heterocycles. The molecule has 0 radical (unpaired) electrons. The smallest absolute Gasteiger partial charge is 0.358 e. The molecule has 110 valence electrons. The first-order valence-corrected chi connectivity index (χ1v) is 7.42. The van der Waals surface area contributed by atoms with Gasteiger partial charge in [-0.05, 0) is 30.4 Å². The summed E-state index contributed by atoms with van der Waals surface area (Å²) in [4.78, 5) is 11.3. The molecule has 1 aliphatic rings. The van der Waals surface area contributed by atoms with Gasteiger partial charge in [-0.1, -0.05) is 41.4 Å². The van der Waals surface area contributed by atoms with Crippen molar-refractivity contribution >= 4 is 17.6 Å². The Morgan fingerprint density at radius 1 is 1.38 bits per heavy atom. The third-order valence-corrected chi connectivity index (χ3v) is 4.38. The highest BCUT2D eigenvalue weighted by Crippen LogP contribution is 2.29. The predicted octanol–water partition coefficient (Wildman–Crippen LogP) is 3.02. The molecule has 1 saturated carbocycles. The summed E-state index contributed by atoms with van der Waals surface area (Å²) in [6.07, 6.45) is 4.02. The van der Waals surface area contributed by atoms with Crippen molar-refractivity contribution in [1.82, 2.24) is 15.0 Å². The first-order chi connectivity index (χ1) is 10.1. The quantitative estimate of drug-likeness (QED) is 0.922. The molecule has 0 saturated heterocycles. The molecule has 2 aromatic rings. The van der Waals surface area contributed by atoms with Crippen LogP contribution in [0.15, 0.2) is 24.3 Å². The van der Waals surface area contributed by atoms with Crippen molar-refractivity contribution in [2.45, 2.75) is 32.2 Å². The number of benzene rings is 1. The van der Waals surface area contributed by atoms with Crippen molar-refractivity contribution in [1.29, 1.82) is 0 Å². The summed E-state index contributed by atoms with van der Waals surface area (Å²) in [5.74, 6) is -0.463. The molecule has 1 heterocycles. The molecule has 3 rings (SSSR count). The van der Waals surface area contributed by atoms with Crippen LogP contribution in [0.2, 0.25) is 5.02 Å². The Morgan fingerprint density at radius 3 is 2.76 bits per heavy atom. The Labute approximate surface area is 127 Å². The number of hydrogen-bond acceptors (Lipinski definition) is 3. The van der Waals surface area contributed by atoms with Gasteiger partial charge in [0.2, 0.25) is 0 Å². The van der Waals surface area contributed by atoms with Crippen molar-refractivity contribution in [3.05, 3.63) is 46.2 Å². The maximum Gasteiger partial charge on any atom is 0.358 e. The lowest BCUT2D eigenvalue weighted by Gasteiger charge is -2.25. The maximum atomic E-state index is 11.3. The third-order valence-electron chi connectivity index (χ3n) is 4.01. The fourth-order valence-electron chi connectivity index (χ4n) is 2.56. The zero-order valence-corrected chi connectivity index (χ0v) is 12.3. The number of rotatable bonds is 5. The van der Waals surface area contributed by atoms with Gasteiger partial charge in [-0.15, -0.1) is 5.10 Å². The number of carboxylic acids is 1. The number of aromatic carboxylic acids is 1. The standard InChI is InChI=1S/C15H16ClN3O2/c16-12-7-2-1-6-11(12)8-13-14(15(20)21)17-18-19(13)9-10-4-3-5-10/h1-2,6-7,10H,3-5,8-9H2,(H,20,21). The highest BCUT2D eigenvalue weighted by molar-refractivity contribution is 6.31. The Kier molecular flexibility index (Phi) is 3.92. The van der Waals surface area contributed by atoms with E-state index in [0.29, 0.717) is 23.1 Å². The van der Waals surface area contributed by atoms with Gasteiger partial charge in [0.1, 0.15) is 0 Å². The highest BCUT2D eigenvalue weighted by atomic mass is 35.5. The lowest BCUT2D eigenvalue weighted by molar-refractivity contribution is 0.0689. The monoisotopic (exact) mass is 305 g/mol. The molecule has 0 unspecified atom stereocenters. The van der Waals surface area contributed by atoms with Gasteiger partial charge in [-0.2, -0.15) is 0 Å². The zero-order chi connectivity index (χ0) is 14.8. The van der Waals surface area contributed by atoms with Crippen LogP contribution in [0.25, 0.3) is 0 Å². The van der Waals surface area contributed by atoms with Gasteiger partial charge in [0.25, 0.3) is 0 Å². The lowest BCUT2D eigenvalue weighted by atomic mass is 9.85. The molecule has 1 aromatic carbocycles. The molecule has 0 amide bonds. The molecule has 1 aliphatic carbocycles. The molecule has 0 spiro atoms. The Balaban J connectivity index is 1.92. The van der Waals surface area contributed by atoms with E-state index in [1.165, 1.54) is 19.3 Å². The van der Waals surface area contributed by atoms with Crippen LogP contribution in [-0.4, -0.2) is 26.1 Å². The minimum absolute atomic E-state index is 0.0224. The normalized spacial score (nSPS) is 14.9. The second-order valence-electron chi connectivity index (χ2n) is 5.44. The van der Waals surface area contributed by atoms with Crippen LogP contribution in [0, 0.1) is 5.92 Å². The summed E-state index contributed by atoms with van der Waals surface area (Å²) in [5, 5.41) is 17.8. The minimum Gasteiger partial charge on any atom is -0.476 e. The SMILES string of the molecule is O=C(O)c1nnn(CC2CCC2)c1Cc1ccccc1Cl. The maximum absolute atomic E-state index is 11.3. The van der Waals surface area contributed by atoms with Crippen LogP contribution in [0.4, 0.5) is 0 Å². The predicted molar refractivity (Wildman–Crippen MR) is 78.6 cm³/mol. The number of halogens is 1. The van der Waals surface area contributed by atoms with E-state index in [0.717, 1.165) is 12.1 Å². The van der Waals surface area contributed by atoms with E-state index in [1.807, 2.05) is 18.2 Å². The molecular weight excluding hydrogens is 290 g/mol. The molecule has 6 heteroatoms.